The molecular formula is C20H22BrN3O4. The summed E-state index contributed by atoms with van der Waals surface area (Å²) in [4.78, 5) is 25.2. The maximum atomic E-state index is 12.0. The Balaban J connectivity index is 2.12. The Bertz CT molecular complexity index is 854. The van der Waals surface area contributed by atoms with Crippen molar-refractivity contribution in [1.29, 1.82) is 0 Å². The van der Waals surface area contributed by atoms with Crippen molar-refractivity contribution in [2.75, 3.05) is 27.3 Å². The van der Waals surface area contributed by atoms with Crippen LogP contribution in [0.25, 0.3) is 0 Å². The van der Waals surface area contributed by atoms with Crippen LogP contribution in [0.3, 0.4) is 0 Å². The van der Waals surface area contributed by atoms with Crippen LogP contribution in [0.2, 0.25) is 0 Å². The minimum atomic E-state index is -0.303. The van der Waals surface area contributed by atoms with Crippen LogP contribution in [0.5, 0.6) is 11.5 Å². The van der Waals surface area contributed by atoms with Gasteiger partial charge in [0.1, 0.15) is 0 Å². The van der Waals surface area contributed by atoms with E-state index in [1.807, 2.05) is 13.0 Å². The minimum absolute atomic E-state index is 0.105. The van der Waals surface area contributed by atoms with Gasteiger partial charge in [0.25, 0.3) is 11.8 Å². The quantitative estimate of drug-likeness (QED) is 0.497. The number of benzene rings is 2. The molecule has 2 aromatic rings. The number of hydrazone groups is 1. The van der Waals surface area contributed by atoms with Gasteiger partial charge in [-0.05, 0) is 52.7 Å². The summed E-state index contributed by atoms with van der Waals surface area (Å²) in [7, 11) is 3.32. The Morgan fingerprint density at radius 3 is 2.54 bits per heavy atom. The van der Waals surface area contributed by atoms with Gasteiger partial charge in [-0.1, -0.05) is 18.2 Å². The van der Waals surface area contributed by atoms with Crippen LogP contribution >= 0.6 is 15.9 Å². The predicted octanol–water partition coefficient (Wildman–Crippen LogP) is 3.08. The summed E-state index contributed by atoms with van der Waals surface area (Å²) in [6, 6.07) is 12.3. The van der Waals surface area contributed by atoms with Crippen molar-refractivity contribution < 1.29 is 19.1 Å². The molecule has 0 radical (unpaired) electrons. The van der Waals surface area contributed by atoms with Gasteiger partial charge in [0.15, 0.2) is 18.1 Å². The maximum absolute atomic E-state index is 12.0. The molecule has 0 saturated carbocycles. The Hall–Kier alpha value is -2.87. The van der Waals surface area contributed by atoms with E-state index < -0.39 is 0 Å². The van der Waals surface area contributed by atoms with Crippen LogP contribution in [-0.2, 0) is 4.79 Å². The highest BCUT2D eigenvalue weighted by Crippen LogP contribution is 2.36. The number of hydrogen-bond acceptors (Lipinski definition) is 5. The fraction of sp³-hybridized carbons (Fsp3) is 0.250. The largest absolute Gasteiger partial charge is 0.490 e. The van der Waals surface area contributed by atoms with Gasteiger partial charge in [-0.2, -0.15) is 5.10 Å². The van der Waals surface area contributed by atoms with Crippen molar-refractivity contribution in [2.24, 2.45) is 5.10 Å². The SMILES string of the molecule is CCOc1cc(/C=N\NC(=O)c2ccccc2)cc(Br)c1OCC(=O)N(C)C. The van der Waals surface area contributed by atoms with Gasteiger partial charge in [-0.3, -0.25) is 9.59 Å². The van der Waals surface area contributed by atoms with Crippen molar-refractivity contribution in [3.8, 4) is 11.5 Å². The van der Waals surface area contributed by atoms with Crippen molar-refractivity contribution in [3.63, 3.8) is 0 Å². The molecule has 0 aromatic heterocycles. The summed E-state index contributed by atoms with van der Waals surface area (Å²) in [5, 5.41) is 3.98. The van der Waals surface area contributed by atoms with Crippen LogP contribution in [0, 0.1) is 0 Å². The lowest BCUT2D eigenvalue weighted by Crippen LogP contribution is -2.27. The van der Waals surface area contributed by atoms with Gasteiger partial charge in [-0.15, -0.1) is 0 Å². The molecular weight excluding hydrogens is 426 g/mol. The molecule has 28 heavy (non-hydrogen) atoms. The number of carbonyl (C=O) groups is 2. The van der Waals surface area contributed by atoms with E-state index in [1.54, 1.807) is 50.5 Å². The number of hydrogen-bond donors (Lipinski definition) is 1. The molecule has 1 N–H and O–H groups in total. The summed E-state index contributed by atoms with van der Waals surface area (Å²) in [5.74, 6) is 0.438. The maximum Gasteiger partial charge on any atom is 0.271 e. The van der Waals surface area contributed by atoms with Crippen LogP contribution in [-0.4, -0.2) is 50.2 Å². The molecule has 2 amide bonds. The smallest absolute Gasteiger partial charge is 0.271 e. The molecule has 0 spiro atoms. The normalized spacial score (nSPS) is 10.6. The molecule has 0 bridgehead atoms. The van der Waals surface area contributed by atoms with Gasteiger partial charge >= 0.3 is 0 Å². The van der Waals surface area contributed by atoms with E-state index in [2.05, 4.69) is 26.5 Å². The highest BCUT2D eigenvalue weighted by molar-refractivity contribution is 9.10. The van der Waals surface area contributed by atoms with E-state index in [-0.39, 0.29) is 18.4 Å². The molecule has 148 valence electrons. The van der Waals surface area contributed by atoms with Crippen LogP contribution < -0.4 is 14.9 Å². The van der Waals surface area contributed by atoms with Gasteiger partial charge in [0, 0.05) is 19.7 Å². The number of ether oxygens (including phenoxy) is 2. The Morgan fingerprint density at radius 1 is 1.18 bits per heavy atom. The van der Waals surface area contributed by atoms with E-state index in [1.165, 1.54) is 11.1 Å². The van der Waals surface area contributed by atoms with Crippen LogP contribution in [0.1, 0.15) is 22.8 Å². The lowest BCUT2D eigenvalue weighted by Gasteiger charge is -2.16. The van der Waals surface area contributed by atoms with Gasteiger partial charge in [-0.25, -0.2) is 5.43 Å². The van der Waals surface area contributed by atoms with E-state index in [0.717, 1.165) is 0 Å². The number of nitrogens with one attached hydrogen (secondary N) is 1. The van der Waals surface area contributed by atoms with Gasteiger partial charge < -0.3 is 14.4 Å². The van der Waals surface area contributed by atoms with E-state index in [9.17, 15) is 9.59 Å². The second-order valence-corrected chi connectivity index (χ2v) is 6.76. The average molecular weight is 448 g/mol. The summed E-state index contributed by atoms with van der Waals surface area (Å²) < 4.78 is 11.9. The molecule has 7 nitrogen and oxygen atoms in total. The number of halogens is 1. The van der Waals surface area contributed by atoms with Crippen molar-refractivity contribution in [1.82, 2.24) is 10.3 Å². The van der Waals surface area contributed by atoms with E-state index in [4.69, 9.17) is 9.47 Å². The number of nitrogens with zero attached hydrogens (tertiary/aromatic N) is 2. The zero-order valence-electron chi connectivity index (χ0n) is 15.9. The summed E-state index contributed by atoms with van der Waals surface area (Å²) in [5.41, 5.74) is 3.69. The first-order valence-electron chi connectivity index (χ1n) is 8.60. The summed E-state index contributed by atoms with van der Waals surface area (Å²) in [6.07, 6.45) is 1.50. The second-order valence-electron chi connectivity index (χ2n) is 5.90. The Labute approximate surface area is 172 Å². The van der Waals surface area contributed by atoms with Gasteiger partial charge in [0.05, 0.1) is 17.3 Å². The van der Waals surface area contributed by atoms with Crippen molar-refractivity contribution in [3.05, 3.63) is 58.1 Å². The van der Waals surface area contributed by atoms with Crippen LogP contribution in [0.15, 0.2) is 52.0 Å². The van der Waals surface area contributed by atoms with Crippen LogP contribution in [0.4, 0.5) is 0 Å². The lowest BCUT2D eigenvalue weighted by molar-refractivity contribution is -0.130. The van der Waals surface area contributed by atoms with Crippen molar-refractivity contribution in [2.45, 2.75) is 6.92 Å². The fourth-order valence-electron chi connectivity index (χ4n) is 2.15. The monoisotopic (exact) mass is 447 g/mol. The molecule has 0 unspecified atom stereocenters. The molecule has 0 aliphatic heterocycles. The third kappa shape index (κ3) is 6.09. The van der Waals surface area contributed by atoms with E-state index in [0.29, 0.717) is 33.7 Å². The molecule has 2 rings (SSSR count). The predicted molar refractivity (Wildman–Crippen MR) is 111 cm³/mol. The zero-order chi connectivity index (χ0) is 20.5. The second kappa shape index (κ2) is 10.5. The molecule has 0 saturated heterocycles. The first kappa shape index (κ1) is 21.4. The summed E-state index contributed by atoms with van der Waals surface area (Å²) in [6.45, 7) is 2.17. The first-order chi connectivity index (χ1) is 13.4. The molecule has 0 aliphatic carbocycles. The number of amides is 2. The first-order valence-corrected chi connectivity index (χ1v) is 9.39. The number of rotatable bonds is 8. The number of carbonyl (C=O) groups excluding carboxylic acids is 2. The average Bonchev–Trinajstić information content (AvgIpc) is 2.68. The Morgan fingerprint density at radius 2 is 1.89 bits per heavy atom. The standard InChI is InChI=1S/C20H22BrN3O4/c1-4-27-17-11-14(10-16(21)19(17)28-13-18(25)24(2)3)12-22-23-20(26)15-8-6-5-7-9-15/h5-12H,4,13H2,1-3H3,(H,23,26)/b22-12-. The molecule has 2 aromatic carbocycles. The van der Waals surface area contributed by atoms with Gasteiger partial charge in [0.2, 0.25) is 0 Å². The third-order valence-corrected chi connectivity index (χ3v) is 4.18. The highest BCUT2D eigenvalue weighted by Gasteiger charge is 2.14. The lowest BCUT2D eigenvalue weighted by atomic mass is 10.2. The fourth-order valence-corrected chi connectivity index (χ4v) is 2.72. The molecule has 8 heteroatoms. The molecule has 0 aliphatic rings. The molecule has 0 heterocycles. The molecule has 0 fully saturated rings. The Kier molecular flexibility index (Phi) is 8.01. The highest BCUT2D eigenvalue weighted by atomic mass is 79.9. The zero-order valence-corrected chi connectivity index (χ0v) is 17.5. The third-order valence-electron chi connectivity index (χ3n) is 3.59. The molecule has 0 atom stereocenters. The number of likely N-dealkylation sites (N-methyl/N-ethyl adjacent to an activating group) is 1. The minimum Gasteiger partial charge on any atom is -0.490 e. The topological polar surface area (TPSA) is 80.2 Å². The van der Waals surface area contributed by atoms with E-state index >= 15 is 0 Å². The summed E-state index contributed by atoms with van der Waals surface area (Å²) >= 11 is 3.43. The van der Waals surface area contributed by atoms with Crippen molar-refractivity contribution >= 4 is 34.0 Å².